The lowest BCUT2D eigenvalue weighted by Crippen LogP contribution is -2.52. The molecule has 1 aromatic carbocycles. The molecule has 6 nitrogen and oxygen atoms in total. The minimum absolute atomic E-state index is 0.0531. The largest absolute Gasteiger partial charge is 0.434 e. The number of benzene rings is 1. The molecule has 3 rings (SSSR count). The molecule has 1 aromatic rings. The van der Waals surface area contributed by atoms with Crippen LogP contribution in [0.25, 0.3) is 0 Å². The van der Waals surface area contributed by atoms with E-state index in [0.717, 1.165) is 17.0 Å². The summed E-state index contributed by atoms with van der Waals surface area (Å²) >= 11 is 0. The fourth-order valence-corrected chi connectivity index (χ4v) is 4.19. The Bertz CT molecular complexity index is 899. The number of aliphatic hydroxyl groups excluding tert-OH is 1. The van der Waals surface area contributed by atoms with Crippen LogP contribution in [0, 0.1) is 5.92 Å². The predicted octanol–water partition coefficient (Wildman–Crippen LogP) is 4.27. The van der Waals surface area contributed by atoms with Crippen LogP contribution < -0.4 is 4.90 Å². The molecule has 204 valence electrons. The first-order valence-corrected chi connectivity index (χ1v) is 11.0. The molecule has 1 N–H and O–H groups in total. The standard InChI is InChI=1S/C21H24F9N3O3/c22-19(23,24)15-2-1-14(16(9-15)33-4-3-13(10-33)12-34)11-31-5-7-32(8-6-31)18(35)36-17(20(25,26)27)21(28,29)30/h1-2,9,13,17,34H,3-8,10-12H2. The number of amides is 1. The molecule has 0 radical (unpaired) electrons. The fourth-order valence-electron chi connectivity index (χ4n) is 4.19. The van der Waals surface area contributed by atoms with Crippen LogP contribution in [-0.2, 0) is 17.5 Å². The van der Waals surface area contributed by atoms with Crippen LogP contribution in [0.1, 0.15) is 17.5 Å². The van der Waals surface area contributed by atoms with Gasteiger partial charge in [-0.05, 0) is 24.1 Å². The quantitative estimate of drug-likeness (QED) is 0.569. The van der Waals surface area contributed by atoms with E-state index < -0.39 is 36.3 Å². The highest BCUT2D eigenvalue weighted by molar-refractivity contribution is 5.68. The summed E-state index contributed by atoms with van der Waals surface area (Å²) in [6, 6.07) is 3.28. The van der Waals surface area contributed by atoms with E-state index in [9.17, 15) is 49.4 Å². The lowest BCUT2D eigenvalue weighted by molar-refractivity contribution is -0.308. The van der Waals surface area contributed by atoms with Crippen molar-refractivity contribution < 1.29 is 54.2 Å². The second-order valence-electron chi connectivity index (χ2n) is 8.73. The molecular formula is C21H24F9N3O3. The van der Waals surface area contributed by atoms with Gasteiger partial charge in [0.1, 0.15) is 0 Å². The number of aliphatic hydroxyl groups is 1. The molecule has 1 unspecified atom stereocenters. The van der Waals surface area contributed by atoms with Gasteiger partial charge in [0, 0.05) is 64.0 Å². The highest BCUT2D eigenvalue weighted by Gasteiger charge is 2.60. The zero-order valence-corrected chi connectivity index (χ0v) is 18.8. The lowest BCUT2D eigenvalue weighted by Gasteiger charge is -2.36. The number of alkyl halides is 9. The Hall–Kier alpha value is -2.42. The summed E-state index contributed by atoms with van der Waals surface area (Å²) < 4.78 is 119. The Kier molecular flexibility index (Phi) is 8.23. The Morgan fingerprint density at radius 2 is 1.58 bits per heavy atom. The molecule has 2 fully saturated rings. The molecule has 15 heteroatoms. The van der Waals surface area contributed by atoms with E-state index in [-0.39, 0.29) is 45.2 Å². The summed E-state index contributed by atoms with van der Waals surface area (Å²) in [6.07, 6.45) is -21.6. The minimum Gasteiger partial charge on any atom is -0.426 e. The zero-order chi connectivity index (χ0) is 26.9. The molecule has 2 heterocycles. The number of hydrogen-bond acceptors (Lipinski definition) is 5. The van der Waals surface area contributed by atoms with Crippen molar-refractivity contribution in [3.8, 4) is 0 Å². The maximum atomic E-state index is 13.3. The summed E-state index contributed by atoms with van der Waals surface area (Å²) in [5, 5.41) is 9.38. The maximum absolute atomic E-state index is 13.3. The van der Waals surface area contributed by atoms with Crippen LogP contribution in [0.2, 0.25) is 0 Å². The van der Waals surface area contributed by atoms with Gasteiger partial charge in [0.05, 0.1) is 5.56 Å². The van der Waals surface area contributed by atoms with Crippen LogP contribution in [0.5, 0.6) is 0 Å². The molecule has 1 amide bonds. The fraction of sp³-hybridized carbons (Fsp3) is 0.667. The van der Waals surface area contributed by atoms with Gasteiger partial charge in [0.15, 0.2) is 0 Å². The second kappa shape index (κ2) is 10.5. The van der Waals surface area contributed by atoms with Crippen molar-refractivity contribution in [2.24, 2.45) is 5.92 Å². The van der Waals surface area contributed by atoms with Crippen molar-refractivity contribution in [2.45, 2.75) is 37.6 Å². The lowest BCUT2D eigenvalue weighted by atomic mass is 10.1. The van der Waals surface area contributed by atoms with E-state index in [0.29, 0.717) is 30.8 Å². The number of anilines is 1. The Morgan fingerprint density at radius 1 is 0.972 bits per heavy atom. The molecule has 2 saturated heterocycles. The van der Waals surface area contributed by atoms with E-state index in [4.69, 9.17) is 0 Å². The Balaban J connectivity index is 1.67. The Labute approximate surface area is 200 Å². The van der Waals surface area contributed by atoms with Crippen molar-refractivity contribution in [1.29, 1.82) is 0 Å². The van der Waals surface area contributed by atoms with Gasteiger partial charge in [-0.25, -0.2) is 4.79 Å². The van der Waals surface area contributed by atoms with Crippen molar-refractivity contribution in [3.05, 3.63) is 29.3 Å². The number of carbonyl (C=O) groups excluding carboxylic acids is 1. The molecular weight excluding hydrogens is 513 g/mol. The first kappa shape index (κ1) is 28.2. The van der Waals surface area contributed by atoms with Gasteiger partial charge < -0.3 is 19.6 Å². The molecule has 1 atom stereocenters. The van der Waals surface area contributed by atoms with Crippen molar-refractivity contribution in [2.75, 3.05) is 50.8 Å². The van der Waals surface area contributed by atoms with E-state index >= 15 is 0 Å². The highest BCUT2D eigenvalue weighted by Crippen LogP contribution is 2.37. The van der Waals surface area contributed by atoms with Crippen molar-refractivity contribution >= 4 is 11.8 Å². The van der Waals surface area contributed by atoms with Gasteiger partial charge in [-0.3, -0.25) is 4.90 Å². The summed E-state index contributed by atoms with van der Waals surface area (Å²) in [5.74, 6) is -0.0841. The van der Waals surface area contributed by atoms with Crippen molar-refractivity contribution in [1.82, 2.24) is 9.80 Å². The van der Waals surface area contributed by atoms with Crippen LogP contribution in [0.15, 0.2) is 18.2 Å². The average molecular weight is 537 g/mol. The molecule has 36 heavy (non-hydrogen) atoms. The van der Waals surface area contributed by atoms with Crippen LogP contribution in [-0.4, -0.2) is 85.3 Å². The van der Waals surface area contributed by atoms with Gasteiger partial charge in [-0.15, -0.1) is 0 Å². The highest BCUT2D eigenvalue weighted by atomic mass is 19.4. The summed E-state index contributed by atoms with van der Waals surface area (Å²) in [4.78, 5) is 16.1. The number of rotatable bonds is 5. The first-order valence-electron chi connectivity index (χ1n) is 11.0. The van der Waals surface area contributed by atoms with E-state index in [1.165, 1.54) is 6.07 Å². The third kappa shape index (κ3) is 6.87. The smallest absolute Gasteiger partial charge is 0.426 e. The molecule has 2 aliphatic heterocycles. The number of nitrogens with zero attached hydrogens (tertiary/aromatic N) is 3. The summed E-state index contributed by atoms with van der Waals surface area (Å²) in [6.45, 7) is 0.496. The molecule has 0 spiro atoms. The molecule has 0 aromatic heterocycles. The number of carbonyl (C=O) groups is 1. The summed E-state index contributed by atoms with van der Waals surface area (Å²) in [7, 11) is 0. The van der Waals surface area contributed by atoms with Crippen molar-refractivity contribution in [3.63, 3.8) is 0 Å². The van der Waals surface area contributed by atoms with E-state index in [2.05, 4.69) is 4.74 Å². The monoisotopic (exact) mass is 537 g/mol. The average Bonchev–Trinajstić information content (AvgIpc) is 3.25. The van der Waals surface area contributed by atoms with Crippen LogP contribution in [0.4, 0.5) is 50.0 Å². The van der Waals surface area contributed by atoms with E-state index in [1.807, 2.05) is 0 Å². The molecule has 0 aliphatic carbocycles. The predicted molar refractivity (Wildman–Crippen MR) is 108 cm³/mol. The van der Waals surface area contributed by atoms with Gasteiger partial charge in [-0.2, -0.15) is 39.5 Å². The molecule has 2 aliphatic rings. The normalized spacial score (nSPS) is 20.4. The minimum atomic E-state index is -5.82. The third-order valence-electron chi connectivity index (χ3n) is 6.14. The molecule has 0 bridgehead atoms. The summed E-state index contributed by atoms with van der Waals surface area (Å²) in [5.41, 5.74) is 0.0257. The van der Waals surface area contributed by atoms with E-state index in [1.54, 1.807) is 9.80 Å². The van der Waals surface area contributed by atoms with Gasteiger partial charge in [-0.1, -0.05) is 6.07 Å². The topological polar surface area (TPSA) is 56.2 Å². The van der Waals surface area contributed by atoms with Crippen LogP contribution in [0.3, 0.4) is 0 Å². The van der Waals surface area contributed by atoms with Gasteiger partial charge in [0.2, 0.25) is 0 Å². The second-order valence-corrected chi connectivity index (χ2v) is 8.73. The number of ether oxygens (including phenoxy) is 1. The Morgan fingerprint density at radius 3 is 2.08 bits per heavy atom. The zero-order valence-electron chi connectivity index (χ0n) is 18.8. The molecule has 0 saturated carbocycles. The maximum Gasteiger partial charge on any atom is 0.434 e. The third-order valence-corrected chi connectivity index (χ3v) is 6.14. The first-order chi connectivity index (χ1) is 16.6. The van der Waals surface area contributed by atoms with Gasteiger partial charge in [0.25, 0.3) is 6.10 Å². The number of halogens is 9. The SMILES string of the molecule is O=C(OC(C(F)(F)F)C(F)(F)F)N1CCN(Cc2ccc(C(F)(F)F)cc2N2CCC(CO)C2)CC1. The number of piperazine rings is 1. The van der Waals surface area contributed by atoms with Gasteiger partial charge >= 0.3 is 24.6 Å². The van der Waals surface area contributed by atoms with Crippen LogP contribution >= 0.6 is 0 Å². The number of hydrogen-bond donors (Lipinski definition) is 1.